The third-order valence-electron chi connectivity index (χ3n) is 4.49. The molecule has 1 saturated heterocycles. The van der Waals surface area contributed by atoms with E-state index in [9.17, 15) is 14.9 Å². The third kappa shape index (κ3) is 3.78. The van der Waals surface area contributed by atoms with E-state index in [1.54, 1.807) is 12.1 Å². The molecule has 10 heteroatoms. The summed E-state index contributed by atoms with van der Waals surface area (Å²) in [5, 5.41) is 11.7. The fraction of sp³-hybridized carbons (Fsp3) is 0.375. The lowest BCUT2D eigenvalue weighted by atomic mass is 10.2. The average Bonchev–Trinajstić information content (AvgIpc) is 3.03. The second-order valence-electron chi connectivity index (χ2n) is 6.29. The van der Waals surface area contributed by atoms with E-state index in [0.717, 1.165) is 6.42 Å². The van der Waals surface area contributed by atoms with Crippen molar-refractivity contribution in [3.63, 3.8) is 0 Å². The summed E-state index contributed by atoms with van der Waals surface area (Å²) in [7, 11) is 1.92. The molecular weight excluding hydrogens is 360 g/mol. The highest BCUT2D eigenvalue weighted by atomic mass is 35.5. The molecule has 2 heterocycles. The molecule has 0 amide bonds. The number of nitro groups is 1. The van der Waals surface area contributed by atoms with Crippen molar-refractivity contribution in [2.24, 2.45) is 0 Å². The van der Waals surface area contributed by atoms with Crippen LogP contribution in [-0.2, 0) is 6.54 Å². The van der Waals surface area contributed by atoms with Crippen molar-refractivity contribution in [1.29, 1.82) is 0 Å². The molecule has 1 aromatic heterocycles. The molecule has 3 N–H and O–H groups in total. The topological polar surface area (TPSA) is 121 Å². The number of nitrogens with one attached hydrogen (secondary N) is 1. The largest absolute Gasteiger partial charge is 0.369 e. The van der Waals surface area contributed by atoms with Gasteiger partial charge in [0.25, 0.3) is 11.2 Å². The molecule has 9 nitrogen and oxygen atoms in total. The van der Waals surface area contributed by atoms with Crippen LogP contribution in [-0.4, -0.2) is 46.0 Å². The highest BCUT2D eigenvalue weighted by Crippen LogP contribution is 2.37. The Morgan fingerprint density at radius 2 is 2.31 bits per heavy atom. The number of aromatic amines is 1. The van der Waals surface area contributed by atoms with Crippen molar-refractivity contribution in [2.75, 3.05) is 30.8 Å². The molecule has 0 bridgehead atoms. The second-order valence-corrected chi connectivity index (χ2v) is 6.70. The Labute approximate surface area is 154 Å². The molecule has 138 valence electrons. The fourth-order valence-electron chi connectivity index (χ4n) is 3.26. The van der Waals surface area contributed by atoms with Crippen molar-refractivity contribution in [1.82, 2.24) is 14.9 Å². The fourth-order valence-corrected chi connectivity index (χ4v) is 3.55. The number of H-pyrrole nitrogens is 1. The van der Waals surface area contributed by atoms with Gasteiger partial charge in [-0.2, -0.15) is 0 Å². The quantitative estimate of drug-likeness (QED) is 0.598. The zero-order valence-electron chi connectivity index (χ0n) is 14.2. The number of aromatic nitrogens is 2. The minimum Gasteiger partial charge on any atom is -0.369 e. The predicted molar refractivity (Wildman–Crippen MR) is 99.5 cm³/mol. The number of likely N-dealkylation sites (N-methyl/N-ethyl adjacent to an activating group) is 1. The maximum Gasteiger partial charge on any atom is 0.294 e. The first-order chi connectivity index (χ1) is 12.3. The van der Waals surface area contributed by atoms with Crippen LogP contribution in [0.5, 0.6) is 0 Å². The van der Waals surface area contributed by atoms with Gasteiger partial charge in [-0.3, -0.25) is 24.8 Å². The zero-order valence-corrected chi connectivity index (χ0v) is 14.9. The summed E-state index contributed by atoms with van der Waals surface area (Å²) in [6.07, 6.45) is 0.817. The molecule has 1 aliphatic rings. The van der Waals surface area contributed by atoms with Crippen LogP contribution in [0.2, 0.25) is 5.02 Å². The predicted octanol–water partition coefficient (Wildman–Crippen LogP) is 1.62. The number of nitro benzene ring substituents is 1. The highest BCUT2D eigenvalue weighted by Gasteiger charge is 2.31. The van der Waals surface area contributed by atoms with Crippen LogP contribution in [0.25, 0.3) is 0 Å². The van der Waals surface area contributed by atoms with Crippen LogP contribution < -0.4 is 16.2 Å². The molecule has 3 rings (SSSR count). The van der Waals surface area contributed by atoms with Gasteiger partial charge in [0.1, 0.15) is 5.69 Å². The van der Waals surface area contributed by atoms with Crippen LogP contribution in [0.15, 0.2) is 29.1 Å². The van der Waals surface area contributed by atoms with Gasteiger partial charge < -0.3 is 10.6 Å². The number of hydrogen-bond donors (Lipinski definition) is 2. The SMILES string of the molecule is CN(Cc1cc(=O)[nH]c(N)n1)C1CCN(c2c(Cl)cccc2[N+](=O)[O-])C1. The lowest BCUT2D eigenvalue weighted by molar-refractivity contribution is -0.384. The van der Waals surface area contributed by atoms with Gasteiger partial charge in [-0.05, 0) is 19.5 Å². The Morgan fingerprint density at radius 3 is 3.00 bits per heavy atom. The molecule has 1 unspecified atom stereocenters. The first-order valence-corrected chi connectivity index (χ1v) is 8.46. The number of rotatable bonds is 5. The van der Waals surface area contributed by atoms with E-state index in [2.05, 4.69) is 14.9 Å². The first kappa shape index (κ1) is 18.2. The van der Waals surface area contributed by atoms with Gasteiger partial charge in [0.05, 0.1) is 15.6 Å². The van der Waals surface area contributed by atoms with Crippen molar-refractivity contribution in [2.45, 2.75) is 19.0 Å². The molecule has 0 saturated carbocycles. The summed E-state index contributed by atoms with van der Waals surface area (Å²) < 4.78 is 0. The molecule has 1 aromatic carbocycles. The molecule has 1 atom stereocenters. The smallest absolute Gasteiger partial charge is 0.294 e. The molecule has 0 radical (unpaired) electrons. The van der Waals surface area contributed by atoms with Crippen molar-refractivity contribution >= 4 is 28.9 Å². The number of benzene rings is 1. The van der Waals surface area contributed by atoms with Gasteiger partial charge in [0.15, 0.2) is 0 Å². The van der Waals surface area contributed by atoms with Gasteiger partial charge >= 0.3 is 0 Å². The summed E-state index contributed by atoms with van der Waals surface area (Å²) in [6.45, 7) is 1.71. The van der Waals surface area contributed by atoms with Gasteiger partial charge in [0.2, 0.25) is 5.95 Å². The molecule has 26 heavy (non-hydrogen) atoms. The third-order valence-corrected chi connectivity index (χ3v) is 4.79. The normalized spacial score (nSPS) is 17.0. The summed E-state index contributed by atoms with van der Waals surface area (Å²) in [5.41, 5.74) is 6.32. The molecule has 1 fully saturated rings. The van der Waals surface area contributed by atoms with Gasteiger partial charge in [0, 0.05) is 37.8 Å². The Hall–Kier alpha value is -2.65. The minimum atomic E-state index is -0.415. The van der Waals surface area contributed by atoms with Crippen LogP contribution in [0.4, 0.5) is 17.3 Å². The molecular formula is C16H19ClN6O3. The number of nitrogens with zero attached hydrogens (tertiary/aromatic N) is 4. The Morgan fingerprint density at radius 1 is 1.54 bits per heavy atom. The molecule has 0 aliphatic carbocycles. The van der Waals surface area contributed by atoms with E-state index in [1.165, 1.54) is 12.1 Å². The average molecular weight is 379 g/mol. The Bertz CT molecular complexity index is 887. The second kappa shape index (κ2) is 7.30. The van der Waals surface area contributed by atoms with E-state index < -0.39 is 4.92 Å². The van der Waals surface area contributed by atoms with Crippen LogP contribution >= 0.6 is 11.6 Å². The monoisotopic (exact) mass is 378 g/mol. The summed E-state index contributed by atoms with van der Waals surface area (Å²) in [6, 6.07) is 6.25. The number of hydrogen-bond acceptors (Lipinski definition) is 7. The molecule has 1 aliphatic heterocycles. The lowest BCUT2D eigenvalue weighted by Crippen LogP contribution is -2.35. The first-order valence-electron chi connectivity index (χ1n) is 8.09. The standard InChI is InChI=1S/C16H19ClN6O3/c1-21(8-10-7-14(24)20-16(18)19-10)11-5-6-22(9-11)15-12(17)3-2-4-13(15)23(25)26/h2-4,7,11H,5-6,8-9H2,1H3,(H3,18,19,20,24). The number of nitrogen functional groups attached to an aromatic ring is 1. The lowest BCUT2D eigenvalue weighted by Gasteiger charge is -2.25. The summed E-state index contributed by atoms with van der Waals surface area (Å²) >= 11 is 6.22. The molecule has 0 spiro atoms. The maximum absolute atomic E-state index is 11.5. The number of anilines is 2. The van der Waals surface area contributed by atoms with Crippen LogP contribution in [0, 0.1) is 10.1 Å². The van der Waals surface area contributed by atoms with Crippen LogP contribution in [0.1, 0.15) is 12.1 Å². The van der Waals surface area contributed by atoms with Crippen molar-refractivity contribution < 1.29 is 4.92 Å². The number of para-hydroxylation sites is 1. The van der Waals surface area contributed by atoms with Crippen LogP contribution in [0.3, 0.4) is 0 Å². The van der Waals surface area contributed by atoms with Crippen molar-refractivity contribution in [3.8, 4) is 0 Å². The highest BCUT2D eigenvalue weighted by molar-refractivity contribution is 6.33. The summed E-state index contributed by atoms with van der Waals surface area (Å²) in [5.74, 6) is 0.0839. The van der Waals surface area contributed by atoms with Crippen molar-refractivity contribution in [3.05, 3.63) is 55.5 Å². The zero-order chi connectivity index (χ0) is 18.8. The van der Waals surface area contributed by atoms with E-state index in [0.29, 0.717) is 36.0 Å². The number of nitrogens with two attached hydrogens (primary N) is 1. The Kier molecular flexibility index (Phi) is 5.10. The van der Waals surface area contributed by atoms with Gasteiger partial charge in [-0.1, -0.05) is 17.7 Å². The van der Waals surface area contributed by atoms with Gasteiger partial charge in [-0.25, -0.2) is 4.98 Å². The molecule has 2 aromatic rings. The van der Waals surface area contributed by atoms with E-state index in [4.69, 9.17) is 17.3 Å². The maximum atomic E-state index is 11.5. The van der Waals surface area contributed by atoms with E-state index >= 15 is 0 Å². The van der Waals surface area contributed by atoms with E-state index in [1.807, 2.05) is 11.9 Å². The van der Waals surface area contributed by atoms with E-state index in [-0.39, 0.29) is 23.2 Å². The minimum absolute atomic E-state index is 0.00448. The summed E-state index contributed by atoms with van der Waals surface area (Å²) in [4.78, 5) is 32.9. The van der Waals surface area contributed by atoms with Gasteiger partial charge in [-0.15, -0.1) is 0 Å². The number of halogens is 1. The Balaban J connectivity index is 1.74.